The number of nitrogens with zero attached hydrogens (tertiary/aromatic N) is 1. The molecule has 1 amide bonds. The van der Waals surface area contributed by atoms with Crippen molar-refractivity contribution in [2.45, 2.75) is 12.2 Å². The summed E-state index contributed by atoms with van der Waals surface area (Å²) in [5.74, 6) is -0.457. The Morgan fingerprint density at radius 3 is 3.11 bits per heavy atom. The fraction of sp³-hybridized carbons (Fsp3) is 0.462. The van der Waals surface area contributed by atoms with Gasteiger partial charge in [-0.15, -0.1) is 0 Å². The Morgan fingerprint density at radius 1 is 1.63 bits per heavy atom. The minimum absolute atomic E-state index is 0.431. The van der Waals surface area contributed by atoms with E-state index in [1.165, 1.54) is 0 Å². The van der Waals surface area contributed by atoms with E-state index in [9.17, 15) is 9.90 Å². The minimum atomic E-state index is -0.593. The van der Waals surface area contributed by atoms with E-state index in [0.717, 1.165) is 10.0 Å². The van der Waals surface area contributed by atoms with Crippen LogP contribution in [-0.4, -0.2) is 48.3 Å². The summed E-state index contributed by atoms with van der Waals surface area (Å²) < 4.78 is 6.20. The van der Waals surface area contributed by atoms with Crippen molar-refractivity contribution in [2.75, 3.05) is 26.2 Å². The lowest BCUT2D eigenvalue weighted by Crippen LogP contribution is -2.49. The third-order valence-electron chi connectivity index (χ3n) is 3.13. The zero-order valence-electron chi connectivity index (χ0n) is 10.5. The molecule has 0 aromatic heterocycles. The van der Waals surface area contributed by atoms with Crippen LogP contribution in [0.15, 0.2) is 28.7 Å². The van der Waals surface area contributed by atoms with Crippen LogP contribution >= 0.6 is 15.9 Å². The average molecular weight is 329 g/mol. The smallest absolute Gasteiger partial charge is 0.247 e. The number of hydrogen-bond acceptors (Lipinski definition) is 4. The molecule has 0 saturated carbocycles. The molecule has 0 bridgehead atoms. The van der Waals surface area contributed by atoms with Crippen LogP contribution in [0, 0.1) is 0 Å². The van der Waals surface area contributed by atoms with Crippen molar-refractivity contribution in [3.8, 4) is 0 Å². The monoisotopic (exact) mass is 328 g/mol. The van der Waals surface area contributed by atoms with E-state index in [-0.39, 0.29) is 0 Å². The molecule has 1 fully saturated rings. The van der Waals surface area contributed by atoms with E-state index in [4.69, 9.17) is 10.5 Å². The maximum absolute atomic E-state index is 11.1. The first kappa shape index (κ1) is 14.5. The quantitative estimate of drug-likeness (QED) is 0.851. The summed E-state index contributed by atoms with van der Waals surface area (Å²) in [5.41, 5.74) is 6.08. The summed E-state index contributed by atoms with van der Waals surface area (Å²) in [6, 6.07) is 7.56. The molecule has 2 rings (SSSR count). The largest absolute Gasteiger partial charge is 0.387 e. The number of benzene rings is 1. The first-order chi connectivity index (χ1) is 9.06. The first-order valence-corrected chi connectivity index (χ1v) is 6.92. The van der Waals surface area contributed by atoms with Gasteiger partial charge in [0.1, 0.15) is 6.10 Å². The summed E-state index contributed by atoms with van der Waals surface area (Å²) >= 11 is 3.38. The highest BCUT2D eigenvalue weighted by atomic mass is 79.9. The fourth-order valence-electron chi connectivity index (χ4n) is 2.10. The predicted octanol–water partition coefficient (Wildman–Crippen LogP) is 0.669. The van der Waals surface area contributed by atoms with Gasteiger partial charge in [0.25, 0.3) is 0 Å². The number of halogens is 1. The number of morpholine rings is 1. The number of ether oxygens (including phenoxy) is 1. The van der Waals surface area contributed by atoms with Gasteiger partial charge >= 0.3 is 0 Å². The number of carbonyl (C=O) groups is 1. The van der Waals surface area contributed by atoms with Gasteiger partial charge in [0.05, 0.1) is 12.7 Å². The van der Waals surface area contributed by atoms with Crippen LogP contribution in [0.3, 0.4) is 0 Å². The second kappa shape index (κ2) is 6.47. The molecular formula is C13H17BrN2O3. The van der Waals surface area contributed by atoms with Crippen LogP contribution in [-0.2, 0) is 9.53 Å². The maximum atomic E-state index is 11.1. The van der Waals surface area contributed by atoms with E-state index >= 15 is 0 Å². The summed E-state index contributed by atoms with van der Waals surface area (Å²) in [4.78, 5) is 13.1. The van der Waals surface area contributed by atoms with Gasteiger partial charge in [-0.1, -0.05) is 28.1 Å². The number of hydrogen-bond donors (Lipinski definition) is 2. The lowest BCUT2D eigenvalue weighted by molar-refractivity contribution is -0.135. The molecule has 5 nitrogen and oxygen atoms in total. The Morgan fingerprint density at radius 2 is 2.42 bits per heavy atom. The number of β-amino-alcohol motifs (C(OH)–C–C–N with tert-alkyl or cyclic N) is 1. The molecule has 2 atom stereocenters. The summed E-state index contributed by atoms with van der Waals surface area (Å²) in [6.07, 6.45) is -1.17. The van der Waals surface area contributed by atoms with Gasteiger partial charge in [0.2, 0.25) is 5.91 Å². The maximum Gasteiger partial charge on any atom is 0.247 e. The molecular weight excluding hydrogens is 312 g/mol. The van der Waals surface area contributed by atoms with Crippen LogP contribution in [0.4, 0.5) is 0 Å². The third-order valence-corrected chi connectivity index (χ3v) is 3.63. The summed E-state index contributed by atoms with van der Waals surface area (Å²) in [6.45, 7) is 2.04. The summed E-state index contributed by atoms with van der Waals surface area (Å²) in [7, 11) is 0. The molecule has 2 unspecified atom stereocenters. The van der Waals surface area contributed by atoms with Crippen LogP contribution in [0.2, 0.25) is 0 Å². The summed E-state index contributed by atoms with van der Waals surface area (Å²) in [5, 5.41) is 10.2. The molecule has 1 aliphatic rings. The fourth-order valence-corrected chi connectivity index (χ4v) is 2.52. The Balaban J connectivity index is 1.95. The average Bonchev–Trinajstić information content (AvgIpc) is 2.39. The van der Waals surface area contributed by atoms with Crippen molar-refractivity contribution >= 4 is 21.8 Å². The lowest BCUT2D eigenvalue weighted by atomic mass is 10.1. The van der Waals surface area contributed by atoms with Crippen molar-refractivity contribution in [1.82, 2.24) is 4.90 Å². The Bertz CT molecular complexity index is 455. The molecule has 3 N–H and O–H groups in total. The van der Waals surface area contributed by atoms with Crippen molar-refractivity contribution in [2.24, 2.45) is 5.73 Å². The zero-order chi connectivity index (χ0) is 13.8. The third kappa shape index (κ3) is 4.01. The molecule has 0 radical (unpaired) electrons. The molecule has 1 aromatic rings. The SMILES string of the molecule is NC(=O)C1CN(CC(O)c2cccc(Br)c2)CCO1. The molecule has 1 saturated heterocycles. The second-order valence-electron chi connectivity index (χ2n) is 4.59. The number of rotatable bonds is 4. The predicted molar refractivity (Wildman–Crippen MR) is 74.5 cm³/mol. The number of nitrogens with two attached hydrogens (primary N) is 1. The van der Waals surface area contributed by atoms with Crippen LogP contribution in [0.25, 0.3) is 0 Å². The molecule has 104 valence electrons. The van der Waals surface area contributed by atoms with Crippen molar-refractivity contribution in [1.29, 1.82) is 0 Å². The topological polar surface area (TPSA) is 75.8 Å². The molecule has 1 aliphatic heterocycles. The number of aliphatic hydroxyl groups is 1. The van der Waals surface area contributed by atoms with Gasteiger partial charge in [-0.05, 0) is 17.7 Å². The van der Waals surface area contributed by atoms with Crippen LogP contribution in [0.5, 0.6) is 0 Å². The van der Waals surface area contributed by atoms with Gasteiger partial charge in [-0.25, -0.2) is 0 Å². The molecule has 1 heterocycles. The lowest BCUT2D eigenvalue weighted by Gasteiger charge is -2.32. The van der Waals surface area contributed by atoms with Gasteiger partial charge < -0.3 is 15.6 Å². The van der Waals surface area contributed by atoms with E-state index in [1.807, 2.05) is 29.2 Å². The minimum Gasteiger partial charge on any atom is -0.387 e. The van der Waals surface area contributed by atoms with E-state index < -0.39 is 18.1 Å². The zero-order valence-corrected chi connectivity index (χ0v) is 12.0. The van der Waals surface area contributed by atoms with E-state index in [1.54, 1.807) is 0 Å². The Kier molecular flexibility index (Phi) is 4.93. The Labute approximate surface area is 120 Å². The standard InChI is InChI=1S/C13H17BrN2O3/c14-10-3-1-2-9(6-10)11(17)7-16-4-5-19-12(8-16)13(15)18/h1-3,6,11-12,17H,4-5,7-8H2,(H2,15,18). The molecule has 19 heavy (non-hydrogen) atoms. The number of amides is 1. The van der Waals surface area contributed by atoms with E-state index in [0.29, 0.717) is 26.2 Å². The molecule has 0 aliphatic carbocycles. The van der Waals surface area contributed by atoms with Crippen molar-refractivity contribution in [3.63, 3.8) is 0 Å². The molecule has 0 spiro atoms. The number of aliphatic hydroxyl groups excluding tert-OH is 1. The van der Waals surface area contributed by atoms with Gasteiger partial charge in [-0.3, -0.25) is 9.69 Å². The van der Waals surface area contributed by atoms with Gasteiger partial charge in [0, 0.05) is 24.1 Å². The number of primary amides is 1. The number of carbonyl (C=O) groups excluding carboxylic acids is 1. The first-order valence-electron chi connectivity index (χ1n) is 6.13. The van der Waals surface area contributed by atoms with Gasteiger partial charge in [0.15, 0.2) is 0 Å². The van der Waals surface area contributed by atoms with E-state index in [2.05, 4.69) is 15.9 Å². The van der Waals surface area contributed by atoms with Crippen LogP contribution in [0.1, 0.15) is 11.7 Å². The highest BCUT2D eigenvalue weighted by Gasteiger charge is 2.26. The highest BCUT2D eigenvalue weighted by Crippen LogP contribution is 2.20. The van der Waals surface area contributed by atoms with Crippen LogP contribution < -0.4 is 5.73 Å². The Hall–Kier alpha value is -0.950. The molecule has 6 heteroatoms. The van der Waals surface area contributed by atoms with Gasteiger partial charge in [-0.2, -0.15) is 0 Å². The normalized spacial score (nSPS) is 22.1. The molecule has 1 aromatic carbocycles. The second-order valence-corrected chi connectivity index (χ2v) is 5.51. The highest BCUT2D eigenvalue weighted by molar-refractivity contribution is 9.10. The van der Waals surface area contributed by atoms with Crippen molar-refractivity contribution < 1.29 is 14.6 Å². The van der Waals surface area contributed by atoms with Crippen molar-refractivity contribution in [3.05, 3.63) is 34.3 Å².